The number of nitrogens with zero attached hydrogens (tertiary/aromatic N) is 1. The molecule has 0 fully saturated rings. The summed E-state index contributed by atoms with van der Waals surface area (Å²) in [6.07, 6.45) is 3.63. The number of hydrogen-bond donors (Lipinski definition) is 0. The number of hydrogen-bond acceptors (Lipinski definition) is 5. The van der Waals surface area contributed by atoms with Gasteiger partial charge in [-0.1, -0.05) is 13.0 Å². The number of fused-ring (bicyclic) bond motifs is 1. The predicted molar refractivity (Wildman–Crippen MR) is 81.8 cm³/mol. The van der Waals surface area contributed by atoms with Gasteiger partial charge < -0.3 is 9.15 Å². The van der Waals surface area contributed by atoms with Crippen LogP contribution in [0.25, 0.3) is 22.2 Å². The molecule has 0 saturated carbocycles. The van der Waals surface area contributed by atoms with Gasteiger partial charge in [-0.15, -0.1) is 0 Å². The number of benzene rings is 1. The largest absolute Gasteiger partial charge is 0.463 e. The maximum absolute atomic E-state index is 12.7. The molecule has 2 heterocycles. The zero-order valence-corrected chi connectivity index (χ0v) is 11.9. The van der Waals surface area contributed by atoms with Gasteiger partial charge in [0.2, 0.25) is 5.43 Å². The number of aryl methyl sites for hydroxylation is 1. The fourth-order valence-corrected chi connectivity index (χ4v) is 2.34. The molecule has 2 aromatic heterocycles. The summed E-state index contributed by atoms with van der Waals surface area (Å²) < 4.78 is 10.5. The van der Waals surface area contributed by atoms with Gasteiger partial charge in [0.1, 0.15) is 17.6 Å². The average molecular weight is 295 g/mol. The minimum absolute atomic E-state index is 0.160. The lowest BCUT2D eigenvalue weighted by molar-refractivity contribution is -0.120. The fourth-order valence-electron chi connectivity index (χ4n) is 2.34. The first-order chi connectivity index (χ1) is 10.7. The maximum Gasteiger partial charge on any atom is 0.298 e. The molecule has 110 valence electrons. The van der Waals surface area contributed by atoms with Gasteiger partial charge in [-0.25, -0.2) is 0 Å². The molecule has 3 aromatic rings. The highest BCUT2D eigenvalue weighted by molar-refractivity contribution is 5.83. The van der Waals surface area contributed by atoms with Crippen LogP contribution in [0.4, 0.5) is 0 Å². The Morgan fingerprint density at radius 2 is 2.18 bits per heavy atom. The Kier molecular flexibility index (Phi) is 3.70. The first-order valence-electron chi connectivity index (χ1n) is 6.84. The van der Waals surface area contributed by atoms with Gasteiger partial charge in [0.25, 0.3) is 6.47 Å². The Hall–Kier alpha value is -2.95. The van der Waals surface area contributed by atoms with E-state index in [4.69, 9.17) is 9.15 Å². The smallest absolute Gasteiger partial charge is 0.298 e. The van der Waals surface area contributed by atoms with Gasteiger partial charge in [-0.2, -0.15) is 0 Å². The Labute approximate surface area is 126 Å². The summed E-state index contributed by atoms with van der Waals surface area (Å²) >= 11 is 0. The van der Waals surface area contributed by atoms with E-state index in [1.807, 2.05) is 13.0 Å². The van der Waals surface area contributed by atoms with Crippen LogP contribution in [0.5, 0.6) is 5.75 Å². The number of carbonyl (C=O) groups excluding carboxylic acids is 1. The molecule has 0 aliphatic rings. The summed E-state index contributed by atoms with van der Waals surface area (Å²) in [5, 5.41) is 0.443. The first kappa shape index (κ1) is 14.0. The molecule has 0 unspecified atom stereocenters. The van der Waals surface area contributed by atoms with E-state index in [2.05, 4.69) is 4.98 Å². The topological polar surface area (TPSA) is 69.4 Å². The van der Waals surface area contributed by atoms with Gasteiger partial charge in [0.15, 0.2) is 0 Å². The SMILES string of the molecule is CCc1cc2c(=O)c(-c3ccccn3)coc2cc1OC=O. The van der Waals surface area contributed by atoms with Crippen molar-refractivity contribution in [3.63, 3.8) is 0 Å². The first-order valence-corrected chi connectivity index (χ1v) is 6.84. The summed E-state index contributed by atoms with van der Waals surface area (Å²) in [6.45, 7) is 2.28. The Balaban J connectivity index is 2.25. The number of rotatable bonds is 4. The van der Waals surface area contributed by atoms with E-state index in [1.54, 1.807) is 30.5 Å². The van der Waals surface area contributed by atoms with E-state index in [0.29, 0.717) is 40.9 Å². The van der Waals surface area contributed by atoms with Crippen LogP contribution in [0.15, 0.2) is 52.0 Å². The lowest BCUT2D eigenvalue weighted by atomic mass is 10.1. The Morgan fingerprint density at radius 1 is 1.32 bits per heavy atom. The third kappa shape index (κ3) is 2.37. The van der Waals surface area contributed by atoms with E-state index in [1.165, 1.54) is 6.26 Å². The summed E-state index contributed by atoms with van der Waals surface area (Å²) in [5.41, 5.74) is 1.94. The lowest BCUT2D eigenvalue weighted by Gasteiger charge is -2.08. The number of aromatic nitrogens is 1. The fraction of sp³-hybridized carbons (Fsp3) is 0.118. The van der Waals surface area contributed by atoms with Crippen molar-refractivity contribution in [2.24, 2.45) is 0 Å². The molecule has 0 aliphatic carbocycles. The molecule has 3 rings (SSSR count). The van der Waals surface area contributed by atoms with Crippen LogP contribution >= 0.6 is 0 Å². The van der Waals surface area contributed by atoms with Crippen molar-refractivity contribution in [2.75, 3.05) is 0 Å². The van der Waals surface area contributed by atoms with Crippen molar-refractivity contribution < 1.29 is 13.9 Å². The molecule has 0 saturated heterocycles. The highest BCUT2D eigenvalue weighted by Crippen LogP contribution is 2.26. The van der Waals surface area contributed by atoms with Crippen molar-refractivity contribution in [3.8, 4) is 17.0 Å². The highest BCUT2D eigenvalue weighted by atomic mass is 16.5. The van der Waals surface area contributed by atoms with Crippen molar-refractivity contribution >= 4 is 17.4 Å². The van der Waals surface area contributed by atoms with Gasteiger partial charge >= 0.3 is 0 Å². The van der Waals surface area contributed by atoms with Crippen molar-refractivity contribution in [2.45, 2.75) is 13.3 Å². The molecule has 0 N–H and O–H groups in total. The summed E-state index contributed by atoms with van der Waals surface area (Å²) in [5.74, 6) is 0.402. The van der Waals surface area contributed by atoms with Gasteiger partial charge in [0, 0.05) is 12.3 Å². The summed E-state index contributed by atoms with van der Waals surface area (Å²) in [4.78, 5) is 27.4. The van der Waals surface area contributed by atoms with Gasteiger partial charge in [-0.05, 0) is 30.2 Å². The summed E-state index contributed by atoms with van der Waals surface area (Å²) in [6, 6.07) is 8.61. The van der Waals surface area contributed by atoms with E-state index in [-0.39, 0.29) is 5.43 Å². The molecular formula is C17H13NO4. The molecule has 0 bridgehead atoms. The second kappa shape index (κ2) is 5.81. The zero-order chi connectivity index (χ0) is 15.5. The van der Waals surface area contributed by atoms with Gasteiger partial charge in [-0.3, -0.25) is 14.6 Å². The average Bonchev–Trinajstić information content (AvgIpc) is 2.56. The normalized spacial score (nSPS) is 10.6. The van der Waals surface area contributed by atoms with Crippen LogP contribution in [0.3, 0.4) is 0 Å². The highest BCUT2D eigenvalue weighted by Gasteiger charge is 2.13. The van der Waals surface area contributed by atoms with E-state index in [9.17, 15) is 9.59 Å². The molecule has 5 nitrogen and oxygen atoms in total. The molecule has 0 spiro atoms. The second-order valence-corrected chi connectivity index (χ2v) is 4.72. The maximum atomic E-state index is 12.7. The third-order valence-corrected chi connectivity index (χ3v) is 3.45. The quantitative estimate of drug-likeness (QED) is 0.692. The number of pyridine rings is 1. The van der Waals surface area contributed by atoms with E-state index >= 15 is 0 Å². The molecular weight excluding hydrogens is 282 g/mol. The zero-order valence-electron chi connectivity index (χ0n) is 11.9. The molecule has 0 atom stereocenters. The molecule has 5 heteroatoms. The Morgan fingerprint density at radius 3 is 2.86 bits per heavy atom. The van der Waals surface area contributed by atoms with Crippen LogP contribution in [-0.4, -0.2) is 11.5 Å². The summed E-state index contributed by atoms with van der Waals surface area (Å²) in [7, 11) is 0. The van der Waals surface area contributed by atoms with E-state index in [0.717, 1.165) is 5.56 Å². The number of carbonyl (C=O) groups is 1. The molecule has 0 amide bonds. The standard InChI is InChI=1S/C17H13NO4/c1-2-11-7-12-16(8-15(11)22-10-19)21-9-13(17(12)20)14-5-3-4-6-18-14/h3-10H,2H2,1H3. The predicted octanol–water partition coefficient (Wildman–Crippen LogP) is 2.95. The van der Waals surface area contributed by atoms with Crippen molar-refractivity contribution in [3.05, 3.63) is 58.6 Å². The second-order valence-electron chi connectivity index (χ2n) is 4.72. The van der Waals surface area contributed by atoms with Crippen LogP contribution in [0, 0.1) is 0 Å². The minimum atomic E-state index is -0.160. The van der Waals surface area contributed by atoms with Crippen LogP contribution < -0.4 is 10.2 Å². The molecule has 1 aromatic carbocycles. The Bertz CT molecular complexity index is 884. The van der Waals surface area contributed by atoms with Crippen LogP contribution in [-0.2, 0) is 11.2 Å². The molecule has 22 heavy (non-hydrogen) atoms. The number of ether oxygens (including phenoxy) is 1. The molecule has 0 aliphatic heterocycles. The van der Waals surface area contributed by atoms with Crippen molar-refractivity contribution in [1.29, 1.82) is 0 Å². The van der Waals surface area contributed by atoms with Crippen LogP contribution in [0.1, 0.15) is 12.5 Å². The van der Waals surface area contributed by atoms with Crippen molar-refractivity contribution in [1.82, 2.24) is 4.98 Å². The van der Waals surface area contributed by atoms with Gasteiger partial charge in [0.05, 0.1) is 16.6 Å². The third-order valence-electron chi connectivity index (χ3n) is 3.45. The lowest BCUT2D eigenvalue weighted by Crippen LogP contribution is -2.07. The molecule has 0 radical (unpaired) electrons. The van der Waals surface area contributed by atoms with E-state index < -0.39 is 0 Å². The monoisotopic (exact) mass is 295 g/mol. The minimum Gasteiger partial charge on any atom is -0.463 e. The van der Waals surface area contributed by atoms with Crippen LogP contribution in [0.2, 0.25) is 0 Å².